The zero-order valence-electron chi connectivity index (χ0n) is 11.5. The standard InChI is InChI=1S/C16H17F2NO/c1-3-20-15-7-5-4-6-12(15)16(19-2)11-8-9-13(17)14(18)10-11/h4-10,16,19H,3H2,1-2H3. The Morgan fingerprint density at radius 1 is 1.10 bits per heavy atom. The van der Waals surface area contributed by atoms with E-state index in [0.717, 1.165) is 17.4 Å². The van der Waals surface area contributed by atoms with Crippen molar-refractivity contribution in [2.24, 2.45) is 0 Å². The molecule has 0 bridgehead atoms. The molecule has 0 heterocycles. The molecule has 20 heavy (non-hydrogen) atoms. The summed E-state index contributed by atoms with van der Waals surface area (Å²) in [5.74, 6) is -0.961. The maximum Gasteiger partial charge on any atom is 0.159 e. The Morgan fingerprint density at radius 2 is 1.85 bits per heavy atom. The number of nitrogens with one attached hydrogen (secondary N) is 1. The van der Waals surface area contributed by atoms with Crippen LogP contribution in [0.25, 0.3) is 0 Å². The molecule has 2 nitrogen and oxygen atoms in total. The molecule has 2 rings (SSSR count). The first kappa shape index (κ1) is 14.5. The fourth-order valence-corrected chi connectivity index (χ4v) is 2.20. The Kier molecular flexibility index (Phi) is 4.69. The zero-order chi connectivity index (χ0) is 14.5. The normalized spacial score (nSPS) is 12.2. The first-order chi connectivity index (χ1) is 9.67. The van der Waals surface area contributed by atoms with E-state index < -0.39 is 11.6 Å². The lowest BCUT2D eigenvalue weighted by Gasteiger charge is -2.20. The fourth-order valence-electron chi connectivity index (χ4n) is 2.20. The van der Waals surface area contributed by atoms with E-state index in [2.05, 4.69) is 5.32 Å². The van der Waals surface area contributed by atoms with Crippen molar-refractivity contribution in [2.45, 2.75) is 13.0 Å². The second-order valence-corrected chi connectivity index (χ2v) is 4.37. The third-order valence-electron chi connectivity index (χ3n) is 3.10. The number of rotatable bonds is 5. The minimum Gasteiger partial charge on any atom is -0.494 e. The van der Waals surface area contributed by atoms with Gasteiger partial charge < -0.3 is 10.1 Å². The van der Waals surface area contributed by atoms with Gasteiger partial charge in [-0.05, 0) is 37.7 Å². The van der Waals surface area contributed by atoms with Crippen LogP contribution in [-0.2, 0) is 0 Å². The van der Waals surface area contributed by atoms with Crippen LogP contribution in [0.1, 0.15) is 24.1 Å². The second-order valence-electron chi connectivity index (χ2n) is 4.37. The Balaban J connectivity index is 2.44. The van der Waals surface area contributed by atoms with Crippen molar-refractivity contribution in [3.05, 3.63) is 65.2 Å². The summed E-state index contributed by atoms with van der Waals surface area (Å²) in [7, 11) is 1.77. The summed E-state index contributed by atoms with van der Waals surface area (Å²) >= 11 is 0. The van der Waals surface area contributed by atoms with Crippen molar-refractivity contribution in [3.63, 3.8) is 0 Å². The van der Waals surface area contributed by atoms with Crippen LogP contribution in [0.4, 0.5) is 8.78 Å². The van der Waals surface area contributed by atoms with E-state index in [-0.39, 0.29) is 6.04 Å². The van der Waals surface area contributed by atoms with Crippen molar-refractivity contribution in [2.75, 3.05) is 13.7 Å². The number of para-hydroxylation sites is 1. The highest BCUT2D eigenvalue weighted by Gasteiger charge is 2.17. The molecule has 0 radical (unpaired) electrons. The van der Waals surface area contributed by atoms with Crippen LogP contribution >= 0.6 is 0 Å². The summed E-state index contributed by atoms with van der Waals surface area (Å²) in [5, 5.41) is 3.11. The average Bonchev–Trinajstić information content (AvgIpc) is 2.45. The molecule has 0 aromatic heterocycles. The Labute approximate surface area is 117 Å². The molecule has 0 saturated heterocycles. The minimum atomic E-state index is -0.850. The van der Waals surface area contributed by atoms with Gasteiger partial charge in [0.15, 0.2) is 11.6 Å². The summed E-state index contributed by atoms with van der Waals surface area (Å²) in [4.78, 5) is 0. The lowest BCUT2D eigenvalue weighted by atomic mass is 9.98. The summed E-state index contributed by atoms with van der Waals surface area (Å²) in [6.07, 6.45) is 0. The quantitative estimate of drug-likeness (QED) is 0.900. The van der Waals surface area contributed by atoms with Gasteiger partial charge in [0.2, 0.25) is 0 Å². The van der Waals surface area contributed by atoms with Crippen molar-refractivity contribution in [3.8, 4) is 5.75 Å². The molecule has 1 atom stereocenters. The van der Waals surface area contributed by atoms with Gasteiger partial charge in [-0.25, -0.2) is 8.78 Å². The molecule has 4 heteroatoms. The predicted molar refractivity (Wildman–Crippen MR) is 74.9 cm³/mol. The molecule has 0 aliphatic heterocycles. The van der Waals surface area contributed by atoms with Crippen molar-refractivity contribution in [1.29, 1.82) is 0 Å². The van der Waals surface area contributed by atoms with Gasteiger partial charge in [0, 0.05) is 5.56 Å². The molecule has 0 aliphatic rings. The molecule has 0 spiro atoms. The van der Waals surface area contributed by atoms with Crippen LogP contribution in [0.5, 0.6) is 5.75 Å². The third kappa shape index (κ3) is 2.96. The smallest absolute Gasteiger partial charge is 0.159 e. The van der Waals surface area contributed by atoms with Gasteiger partial charge in [0.25, 0.3) is 0 Å². The number of hydrogen-bond acceptors (Lipinski definition) is 2. The Bertz CT molecular complexity index is 586. The van der Waals surface area contributed by atoms with E-state index in [1.807, 2.05) is 31.2 Å². The van der Waals surface area contributed by atoms with Crippen LogP contribution in [0.15, 0.2) is 42.5 Å². The van der Waals surface area contributed by atoms with E-state index in [4.69, 9.17) is 4.74 Å². The van der Waals surface area contributed by atoms with E-state index in [1.54, 1.807) is 13.1 Å². The molecule has 106 valence electrons. The summed E-state index contributed by atoms with van der Waals surface area (Å²) in [5.41, 5.74) is 1.54. The Hall–Kier alpha value is -1.94. The average molecular weight is 277 g/mol. The molecule has 0 amide bonds. The van der Waals surface area contributed by atoms with Gasteiger partial charge in [-0.15, -0.1) is 0 Å². The van der Waals surface area contributed by atoms with Crippen molar-refractivity contribution in [1.82, 2.24) is 5.32 Å². The highest BCUT2D eigenvalue weighted by Crippen LogP contribution is 2.30. The van der Waals surface area contributed by atoms with Crippen LogP contribution < -0.4 is 10.1 Å². The molecule has 1 N–H and O–H groups in total. The van der Waals surface area contributed by atoms with Crippen LogP contribution in [0.3, 0.4) is 0 Å². The second kappa shape index (κ2) is 6.48. The van der Waals surface area contributed by atoms with Crippen LogP contribution in [-0.4, -0.2) is 13.7 Å². The fraction of sp³-hybridized carbons (Fsp3) is 0.250. The van der Waals surface area contributed by atoms with Gasteiger partial charge >= 0.3 is 0 Å². The first-order valence-electron chi connectivity index (χ1n) is 6.51. The van der Waals surface area contributed by atoms with Gasteiger partial charge in [-0.2, -0.15) is 0 Å². The third-order valence-corrected chi connectivity index (χ3v) is 3.10. The molecule has 0 saturated carbocycles. The van der Waals surface area contributed by atoms with Gasteiger partial charge in [0.05, 0.1) is 12.6 Å². The van der Waals surface area contributed by atoms with Crippen molar-refractivity contribution >= 4 is 0 Å². The molecule has 2 aromatic carbocycles. The van der Waals surface area contributed by atoms with Gasteiger partial charge in [-0.1, -0.05) is 24.3 Å². The molecule has 0 fully saturated rings. The zero-order valence-corrected chi connectivity index (χ0v) is 11.5. The molecular formula is C16H17F2NO. The summed E-state index contributed by atoms with van der Waals surface area (Å²) < 4.78 is 32.0. The summed E-state index contributed by atoms with van der Waals surface area (Å²) in [6, 6.07) is 11.2. The maximum absolute atomic E-state index is 13.4. The number of ether oxygens (including phenoxy) is 1. The Morgan fingerprint density at radius 3 is 2.50 bits per heavy atom. The van der Waals surface area contributed by atoms with Gasteiger partial charge in [-0.3, -0.25) is 0 Å². The topological polar surface area (TPSA) is 21.3 Å². The molecule has 0 aliphatic carbocycles. The minimum absolute atomic E-state index is 0.257. The van der Waals surface area contributed by atoms with E-state index >= 15 is 0 Å². The van der Waals surface area contributed by atoms with Crippen LogP contribution in [0.2, 0.25) is 0 Å². The lowest BCUT2D eigenvalue weighted by Crippen LogP contribution is -2.19. The first-order valence-corrected chi connectivity index (χ1v) is 6.51. The molecular weight excluding hydrogens is 260 g/mol. The molecule has 1 unspecified atom stereocenters. The maximum atomic E-state index is 13.4. The van der Waals surface area contributed by atoms with E-state index in [0.29, 0.717) is 12.2 Å². The van der Waals surface area contributed by atoms with Gasteiger partial charge in [0.1, 0.15) is 5.75 Å². The SMILES string of the molecule is CCOc1ccccc1C(NC)c1ccc(F)c(F)c1. The highest BCUT2D eigenvalue weighted by molar-refractivity contribution is 5.41. The van der Waals surface area contributed by atoms with Crippen molar-refractivity contribution < 1.29 is 13.5 Å². The van der Waals surface area contributed by atoms with E-state index in [1.165, 1.54) is 6.07 Å². The van der Waals surface area contributed by atoms with Crippen LogP contribution in [0, 0.1) is 11.6 Å². The number of benzene rings is 2. The largest absolute Gasteiger partial charge is 0.494 e. The highest BCUT2D eigenvalue weighted by atomic mass is 19.2. The van der Waals surface area contributed by atoms with E-state index in [9.17, 15) is 8.78 Å². The summed E-state index contributed by atoms with van der Waals surface area (Å²) in [6.45, 7) is 2.45. The number of halogens is 2. The number of hydrogen-bond donors (Lipinski definition) is 1. The lowest BCUT2D eigenvalue weighted by molar-refractivity contribution is 0.334. The monoisotopic (exact) mass is 277 g/mol. The molecule has 2 aromatic rings. The predicted octanol–water partition coefficient (Wildman–Crippen LogP) is 3.67.